The molecule has 192 valence electrons. The van der Waals surface area contributed by atoms with Crippen molar-refractivity contribution in [2.45, 2.75) is 45.8 Å². The molecule has 3 rings (SSSR count). The molecule has 0 radical (unpaired) electrons. The number of benzene rings is 2. The summed E-state index contributed by atoms with van der Waals surface area (Å²) in [5, 5.41) is 9.24. The van der Waals surface area contributed by atoms with Crippen LogP contribution in [0.1, 0.15) is 37.8 Å². The van der Waals surface area contributed by atoms with Gasteiger partial charge < -0.3 is 24.2 Å². The van der Waals surface area contributed by atoms with Gasteiger partial charge in [0.1, 0.15) is 5.75 Å². The van der Waals surface area contributed by atoms with Gasteiger partial charge in [-0.05, 0) is 50.3 Å². The number of aliphatic hydroxyl groups is 1. The van der Waals surface area contributed by atoms with E-state index in [-0.39, 0.29) is 12.4 Å². The second kappa shape index (κ2) is 14.1. The van der Waals surface area contributed by atoms with E-state index in [0.717, 1.165) is 51.3 Å². The predicted octanol–water partition coefficient (Wildman–Crippen LogP) is 3.56. The molecule has 7 nitrogen and oxygen atoms in total. The van der Waals surface area contributed by atoms with E-state index >= 15 is 0 Å². The molecule has 1 aliphatic rings. The molecule has 0 aromatic heterocycles. The molecule has 0 bridgehead atoms. The van der Waals surface area contributed by atoms with Crippen LogP contribution in [0.25, 0.3) is 0 Å². The third kappa shape index (κ3) is 8.53. The average molecular weight is 485 g/mol. The maximum absolute atomic E-state index is 11.7. The van der Waals surface area contributed by atoms with E-state index in [2.05, 4.69) is 40.1 Å². The van der Waals surface area contributed by atoms with Crippen molar-refractivity contribution >= 4 is 5.78 Å². The number of aliphatic hydroxyl groups excluding tert-OH is 1. The van der Waals surface area contributed by atoms with E-state index < -0.39 is 6.10 Å². The fourth-order valence-corrected chi connectivity index (χ4v) is 4.19. The van der Waals surface area contributed by atoms with Crippen LogP contribution >= 0.6 is 0 Å². The first-order valence-corrected chi connectivity index (χ1v) is 12.6. The number of hydrogen-bond acceptors (Lipinski definition) is 7. The summed E-state index contributed by atoms with van der Waals surface area (Å²) < 4.78 is 17.6. The van der Waals surface area contributed by atoms with Crippen LogP contribution in [0.5, 0.6) is 17.2 Å². The Morgan fingerprint density at radius 2 is 1.71 bits per heavy atom. The van der Waals surface area contributed by atoms with E-state index in [1.54, 1.807) is 14.0 Å². The summed E-state index contributed by atoms with van der Waals surface area (Å²) >= 11 is 0. The second-order valence-electron chi connectivity index (χ2n) is 9.11. The zero-order chi connectivity index (χ0) is 25.0. The number of rotatable bonds is 14. The number of aryl methyl sites for hydroxylation is 1. The third-order valence-electron chi connectivity index (χ3n) is 6.42. The zero-order valence-electron chi connectivity index (χ0n) is 21.4. The van der Waals surface area contributed by atoms with Crippen LogP contribution < -0.4 is 14.2 Å². The lowest BCUT2D eigenvalue weighted by atomic mass is 10.1. The molecule has 1 atom stereocenters. The molecule has 1 N–H and O–H groups in total. The first-order valence-electron chi connectivity index (χ1n) is 12.6. The van der Waals surface area contributed by atoms with E-state index in [1.807, 2.05) is 12.1 Å². The van der Waals surface area contributed by atoms with Crippen LogP contribution in [0.3, 0.4) is 0 Å². The van der Waals surface area contributed by atoms with Gasteiger partial charge in [0.05, 0.1) is 13.7 Å². The number of Topliss-reactive ketones (excluding diaryl/α,β-unsaturated/α-hetero) is 1. The van der Waals surface area contributed by atoms with E-state index in [1.165, 1.54) is 12.5 Å². The topological polar surface area (TPSA) is 71.5 Å². The summed E-state index contributed by atoms with van der Waals surface area (Å²) in [6.07, 6.45) is 1.59. The molecule has 2 aromatic rings. The quantitative estimate of drug-likeness (QED) is 0.411. The largest absolute Gasteiger partial charge is 0.493 e. The monoisotopic (exact) mass is 484 g/mol. The molecule has 1 aliphatic heterocycles. The Morgan fingerprint density at radius 3 is 2.37 bits per heavy atom. The molecule has 35 heavy (non-hydrogen) atoms. The predicted molar refractivity (Wildman–Crippen MR) is 137 cm³/mol. The number of nitrogens with zero attached hydrogens (tertiary/aromatic N) is 2. The molecule has 2 aromatic carbocycles. The average Bonchev–Trinajstić information content (AvgIpc) is 2.87. The molecule has 1 saturated heterocycles. The molecule has 0 saturated carbocycles. The second-order valence-corrected chi connectivity index (χ2v) is 9.11. The Kier molecular flexibility index (Phi) is 10.8. The van der Waals surface area contributed by atoms with Crippen molar-refractivity contribution in [3.8, 4) is 17.2 Å². The van der Waals surface area contributed by atoms with Gasteiger partial charge in [-0.2, -0.15) is 0 Å². The molecule has 0 amide bonds. The summed E-state index contributed by atoms with van der Waals surface area (Å²) in [7, 11) is 1.62. The van der Waals surface area contributed by atoms with Gasteiger partial charge in [0.15, 0.2) is 23.4 Å². The van der Waals surface area contributed by atoms with Gasteiger partial charge in [0.2, 0.25) is 0 Å². The lowest BCUT2D eigenvalue weighted by Gasteiger charge is -2.34. The van der Waals surface area contributed by atoms with Gasteiger partial charge in [0.25, 0.3) is 0 Å². The van der Waals surface area contributed by atoms with Gasteiger partial charge in [-0.15, -0.1) is 0 Å². The van der Waals surface area contributed by atoms with Crippen LogP contribution in [-0.2, 0) is 17.8 Å². The Bertz CT molecular complexity index is 913. The molecule has 0 spiro atoms. The lowest BCUT2D eigenvalue weighted by molar-refractivity contribution is -0.122. The van der Waals surface area contributed by atoms with Crippen molar-refractivity contribution < 1.29 is 24.1 Å². The first kappa shape index (κ1) is 27.0. The molecule has 1 heterocycles. The lowest BCUT2D eigenvalue weighted by Crippen LogP contribution is -2.46. The van der Waals surface area contributed by atoms with E-state index in [0.29, 0.717) is 36.7 Å². The number of carbonyl (C=O) groups excluding carboxylic acids is 1. The minimum absolute atomic E-state index is 0.0414. The number of methoxy groups -OCH3 is 1. The first-order chi connectivity index (χ1) is 17.0. The van der Waals surface area contributed by atoms with Crippen molar-refractivity contribution in [1.29, 1.82) is 0 Å². The SMILES string of the molecule is COc1cc(CCCO)c(OC(C)C(C)=O)cc1OCCCN1CCN(Cc2ccccc2)CC1. The molecule has 0 aliphatic carbocycles. The highest BCUT2D eigenvalue weighted by Crippen LogP contribution is 2.36. The highest BCUT2D eigenvalue weighted by atomic mass is 16.5. The molecule has 1 unspecified atom stereocenters. The highest BCUT2D eigenvalue weighted by molar-refractivity contribution is 5.80. The minimum Gasteiger partial charge on any atom is -0.493 e. The van der Waals surface area contributed by atoms with Gasteiger partial charge >= 0.3 is 0 Å². The number of carbonyl (C=O) groups is 1. The van der Waals surface area contributed by atoms with Crippen LogP contribution in [0.2, 0.25) is 0 Å². The number of piperazine rings is 1. The van der Waals surface area contributed by atoms with Crippen molar-refractivity contribution in [2.75, 3.05) is 53.0 Å². The Balaban J connectivity index is 1.50. The number of ketones is 1. The summed E-state index contributed by atoms with van der Waals surface area (Å²) in [5.74, 6) is 1.81. The number of hydrogen-bond donors (Lipinski definition) is 1. The van der Waals surface area contributed by atoms with Crippen LogP contribution in [-0.4, -0.2) is 79.8 Å². The van der Waals surface area contributed by atoms with Crippen molar-refractivity contribution in [1.82, 2.24) is 9.80 Å². The van der Waals surface area contributed by atoms with E-state index in [9.17, 15) is 9.90 Å². The smallest absolute Gasteiger partial charge is 0.169 e. The Labute approximate surface area is 209 Å². The van der Waals surface area contributed by atoms with Gasteiger partial charge in [-0.25, -0.2) is 0 Å². The van der Waals surface area contributed by atoms with Gasteiger partial charge in [-0.3, -0.25) is 9.69 Å². The molecular formula is C28H40N2O5. The third-order valence-corrected chi connectivity index (χ3v) is 6.42. The number of ether oxygens (including phenoxy) is 3. The summed E-state index contributed by atoms with van der Waals surface area (Å²) in [6, 6.07) is 14.3. The summed E-state index contributed by atoms with van der Waals surface area (Å²) in [4.78, 5) is 16.7. The fraction of sp³-hybridized carbons (Fsp3) is 0.536. The fourth-order valence-electron chi connectivity index (χ4n) is 4.19. The highest BCUT2D eigenvalue weighted by Gasteiger charge is 2.19. The normalized spacial score (nSPS) is 15.5. The molecule has 7 heteroatoms. The van der Waals surface area contributed by atoms with Gasteiger partial charge in [0, 0.05) is 51.9 Å². The maximum Gasteiger partial charge on any atom is 0.169 e. The summed E-state index contributed by atoms with van der Waals surface area (Å²) in [5.41, 5.74) is 2.26. The molecule has 1 fully saturated rings. The summed E-state index contributed by atoms with van der Waals surface area (Å²) in [6.45, 7) is 10.2. The van der Waals surface area contributed by atoms with Crippen LogP contribution in [0, 0.1) is 0 Å². The standard InChI is InChI=1S/C28H40N2O5/c1-22(32)23(2)35-26-20-28(27(33-3)19-25(26)11-7-17-31)34-18-8-12-29-13-15-30(16-14-29)21-24-9-5-4-6-10-24/h4-6,9-10,19-20,23,31H,7-8,11-18,21H2,1-3H3. The maximum atomic E-state index is 11.7. The van der Waals surface area contributed by atoms with Crippen LogP contribution in [0.4, 0.5) is 0 Å². The van der Waals surface area contributed by atoms with Gasteiger partial charge in [-0.1, -0.05) is 30.3 Å². The zero-order valence-corrected chi connectivity index (χ0v) is 21.4. The van der Waals surface area contributed by atoms with Crippen molar-refractivity contribution in [2.24, 2.45) is 0 Å². The van der Waals surface area contributed by atoms with E-state index in [4.69, 9.17) is 14.2 Å². The Morgan fingerprint density at radius 1 is 1.00 bits per heavy atom. The Hall–Kier alpha value is -2.61. The van der Waals surface area contributed by atoms with Crippen LogP contribution in [0.15, 0.2) is 42.5 Å². The molecular weight excluding hydrogens is 444 g/mol. The minimum atomic E-state index is -0.551. The van der Waals surface area contributed by atoms with Crippen molar-refractivity contribution in [3.63, 3.8) is 0 Å². The van der Waals surface area contributed by atoms with Crippen molar-refractivity contribution in [3.05, 3.63) is 53.6 Å².